The van der Waals surface area contributed by atoms with Gasteiger partial charge in [0.15, 0.2) is 11.7 Å². The number of aromatic nitrogens is 1. The Morgan fingerprint density at radius 3 is 2.95 bits per heavy atom. The summed E-state index contributed by atoms with van der Waals surface area (Å²) < 4.78 is 19.3. The average Bonchev–Trinajstić information content (AvgIpc) is 2.87. The van der Waals surface area contributed by atoms with Crippen LogP contribution in [0.2, 0.25) is 0 Å². The van der Waals surface area contributed by atoms with Crippen LogP contribution in [-0.4, -0.2) is 23.5 Å². The summed E-state index contributed by atoms with van der Waals surface area (Å²) in [5.74, 6) is 0.0991. The van der Waals surface area contributed by atoms with E-state index in [-0.39, 0.29) is 17.0 Å². The molecule has 106 valence electrons. The van der Waals surface area contributed by atoms with Crippen LogP contribution < -0.4 is 5.32 Å². The van der Waals surface area contributed by atoms with Gasteiger partial charge >= 0.3 is 0 Å². The van der Waals surface area contributed by atoms with E-state index in [2.05, 4.69) is 10.3 Å². The van der Waals surface area contributed by atoms with E-state index in [0.29, 0.717) is 12.3 Å². The smallest absolute Gasteiger partial charge is 0.272 e. The lowest BCUT2D eigenvalue weighted by Gasteiger charge is -1.99. The highest BCUT2D eigenvalue weighted by Gasteiger charge is 2.15. The van der Waals surface area contributed by atoms with Gasteiger partial charge in [0, 0.05) is 12.5 Å². The van der Waals surface area contributed by atoms with Crippen molar-refractivity contribution in [1.29, 1.82) is 0 Å². The van der Waals surface area contributed by atoms with Crippen molar-refractivity contribution in [1.82, 2.24) is 10.3 Å². The maximum atomic E-state index is 13.8. The Morgan fingerprint density at radius 1 is 1.50 bits per heavy atom. The highest BCUT2D eigenvalue weighted by molar-refractivity contribution is 5.59. The Kier molecular flexibility index (Phi) is 4.41. The van der Waals surface area contributed by atoms with Crippen LogP contribution in [-0.2, 0) is 6.42 Å². The lowest BCUT2D eigenvalue weighted by Crippen LogP contribution is -2.08. The van der Waals surface area contributed by atoms with E-state index in [1.165, 1.54) is 18.3 Å². The van der Waals surface area contributed by atoms with Gasteiger partial charge in [-0.1, -0.05) is 0 Å². The van der Waals surface area contributed by atoms with E-state index in [9.17, 15) is 14.5 Å². The first kappa shape index (κ1) is 14.1. The van der Waals surface area contributed by atoms with Gasteiger partial charge in [0.2, 0.25) is 0 Å². The second-order valence-electron chi connectivity index (χ2n) is 4.25. The minimum atomic E-state index is -0.697. The minimum Gasteiger partial charge on any atom is -0.441 e. The molecule has 1 heterocycles. The maximum Gasteiger partial charge on any atom is 0.272 e. The van der Waals surface area contributed by atoms with E-state index in [0.717, 1.165) is 19.0 Å². The predicted molar refractivity (Wildman–Crippen MR) is 70.8 cm³/mol. The molecule has 0 bridgehead atoms. The molecule has 1 aromatic heterocycles. The lowest BCUT2D eigenvalue weighted by molar-refractivity contribution is -0.385. The molecule has 0 fully saturated rings. The van der Waals surface area contributed by atoms with Crippen LogP contribution in [0.4, 0.5) is 10.1 Å². The van der Waals surface area contributed by atoms with Gasteiger partial charge in [-0.05, 0) is 26.1 Å². The summed E-state index contributed by atoms with van der Waals surface area (Å²) in [6.45, 7) is 0.837. The zero-order valence-electron chi connectivity index (χ0n) is 10.9. The van der Waals surface area contributed by atoms with Crippen LogP contribution in [0.5, 0.6) is 0 Å². The monoisotopic (exact) mass is 279 g/mol. The van der Waals surface area contributed by atoms with Crippen LogP contribution in [0.1, 0.15) is 12.3 Å². The van der Waals surface area contributed by atoms with Crippen molar-refractivity contribution in [2.75, 3.05) is 13.6 Å². The van der Waals surface area contributed by atoms with Gasteiger partial charge in [0.25, 0.3) is 5.69 Å². The third-order valence-corrected chi connectivity index (χ3v) is 2.80. The summed E-state index contributed by atoms with van der Waals surface area (Å²) in [4.78, 5) is 14.0. The number of nitrogens with zero attached hydrogens (tertiary/aromatic N) is 2. The SMILES string of the molecule is CNCCCc1ncc(-c2ccc([N+](=O)[O-])cc2F)o1. The normalized spacial score (nSPS) is 10.7. The van der Waals surface area contributed by atoms with Crippen molar-refractivity contribution >= 4 is 5.69 Å². The van der Waals surface area contributed by atoms with Crippen LogP contribution in [0.15, 0.2) is 28.8 Å². The summed E-state index contributed by atoms with van der Waals surface area (Å²) in [7, 11) is 1.85. The molecule has 7 heteroatoms. The Morgan fingerprint density at radius 2 is 2.30 bits per heavy atom. The van der Waals surface area contributed by atoms with Crippen molar-refractivity contribution in [2.24, 2.45) is 0 Å². The lowest BCUT2D eigenvalue weighted by atomic mass is 10.1. The van der Waals surface area contributed by atoms with E-state index in [4.69, 9.17) is 4.42 Å². The molecule has 0 radical (unpaired) electrons. The Labute approximate surface area is 114 Å². The molecule has 6 nitrogen and oxygen atoms in total. The molecule has 2 aromatic rings. The standard InChI is InChI=1S/C13H14FN3O3/c1-15-6-2-3-13-16-8-12(20-13)10-5-4-9(17(18)19)7-11(10)14/h4-5,7-8,15H,2-3,6H2,1H3. The predicted octanol–water partition coefficient (Wildman–Crippen LogP) is 2.54. The first-order valence-electron chi connectivity index (χ1n) is 6.15. The molecule has 0 saturated carbocycles. The quantitative estimate of drug-likeness (QED) is 0.499. The van der Waals surface area contributed by atoms with Crippen molar-refractivity contribution in [3.05, 3.63) is 46.2 Å². The van der Waals surface area contributed by atoms with E-state index in [1.54, 1.807) is 0 Å². The van der Waals surface area contributed by atoms with Gasteiger partial charge in [-0.25, -0.2) is 9.37 Å². The molecule has 0 aliphatic carbocycles. The molecule has 0 spiro atoms. The molecular formula is C13H14FN3O3. The fourth-order valence-electron chi connectivity index (χ4n) is 1.78. The summed E-state index contributed by atoms with van der Waals surface area (Å²) >= 11 is 0. The largest absolute Gasteiger partial charge is 0.441 e. The van der Waals surface area contributed by atoms with Gasteiger partial charge in [-0.2, -0.15) is 0 Å². The van der Waals surface area contributed by atoms with E-state index < -0.39 is 10.7 Å². The highest BCUT2D eigenvalue weighted by atomic mass is 19.1. The fraction of sp³-hybridized carbons (Fsp3) is 0.308. The molecule has 1 aromatic carbocycles. The third kappa shape index (κ3) is 3.18. The zero-order chi connectivity index (χ0) is 14.5. The molecule has 1 N–H and O–H groups in total. The maximum absolute atomic E-state index is 13.8. The molecule has 2 rings (SSSR count). The molecule has 20 heavy (non-hydrogen) atoms. The summed E-state index contributed by atoms with van der Waals surface area (Å²) in [5, 5.41) is 13.6. The Bertz CT molecular complexity index is 613. The number of nitrogens with one attached hydrogen (secondary N) is 1. The van der Waals surface area contributed by atoms with E-state index in [1.807, 2.05) is 7.05 Å². The second kappa shape index (κ2) is 6.25. The van der Waals surface area contributed by atoms with Crippen molar-refractivity contribution in [3.63, 3.8) is 0 Å². The molecular weight excluding hydrogens is 265 g/mol. The number of hydrogen-bond acceptors (Lipinski definition) is 5. The number of aryl methyl sites for hydroxylation is 1. The first-order chi connectivity index (χ1) is 9.61. The number of halogens is 1. The summed E-state index contributed by atoms with van der Waals surface area (Å²) in [6.07, 6.45) is 2.94. The first-order valence-corrected chi connectivity index (χ1v) is 6.15. The number of hydrogen-bond donors (Lipinski definition) is 1. The molecule has 0 amide bonds. The number of oxazole rings is 1. The molecule has 0 unspecified atom stereocenters. The molecule has 0 saturated heterocycles. The second-order valence-corrected chi connectivity index (χ2v) is 4.25. The molecule has 0 aliphatic rings. The zero-order valence-corrected chi connectivity index (χ0v) is 10.9. The van der Waals surface area contributed by atoms with Gasteiger partial charge in [0.1, 0.15) is 5.82 Å². The number of nitro benzene ring substituents is 1. The molecule has 0 atom stereocenters. The van der Waals surface area contributed by atoms with Crippen molar-refractivity contribution in [2.45, 2.75) is 12.8 Å². The number of nitro groups is 1. The molecule has 0 aliphatic heterocycles. The topological polar surface area (TPSA) is 81.2 Å². The number of benzene rings is 1. The summed E-state index contributed by atoms with van der Waals surface area (Å²) in [5.41, 5.74) is -0.122. The van der Waals surface area contributed by atoms with Crippen LogP contribution in [0, 0.1) is 15.9 Å². The van der Waals surface area contributed by atoms with Gasteiger partial charge < -0.3 is 9.73 Å². The van der Waals surface area contributed by atoms with Crippen LogP contribution >= 0.6 is 0 Å². The Balaban J connectivity index is 2.17. The van der Waals surface area contributed by atoms with Gasteiger partial charge in [-0.15, -0.1) is 0 Å². The van der Waals surface area contributed by atoms with Crippen molar-refractivity contribution in [3.8, 4) is 11.3 Å². The van der Waals surface area contributed by atoms with E-state index >= 15 is 0 Å². The third-order valence-electron chi connectivity index (χ3n) is 2.80. The van der Waals surface area contributed by atoms with Crippen LogP contribution in [0.3, 0.4) is 0 Å². The van der Waals surface area contributed by atoms with Gasteiger partial charge in [-0.3, -0.25) is 10.1 Å². The number of non-ortho nitro benzene ring substituents is 1. The highest BCUT2D eigenvalue weighted by Crippen LogP contribution is 2.26. The number of rotatable bonds is 6. The van der Waals surface area contributed by atoms with Gasteiger partial charge in [0.05, 0.1) is 22.7 Å². The summed E-state index contributed by atoms with van der Waals surface area (Å²) in [6, 6.07) is 3.44. The average molecular weight is 279 g/mol. The van der Waals surface area contributed by atoms with Crippen LogP contribution in [0.25, 0.3) is 11.3 Å². The fourth-order valence-corrected chi connectivity index (χ4v) is 1.78. The Hall–Kier alpha value is -2.28. The van der Waals surface area contributed by atoms with Crippen molar-refractivity contribution < 1.29 is 13.7 Å². The minimum absolute atomic E-state index is 0.169.